The van der Waals surface area contributed by atoms with Crippen molar-refractivity contribution in [1.29, 1.82) is 0 Å². The predicted octanol–water partition coefficient (Wildman–Crippen LogP) is -15.7. The number of halogens is 4. The normalized spacial score (nSPS) is 2.40. The van der Waals surface area contributed by atoms with E-state index >= 15 is 0 Å². The van der Waals surface area contributed by atoms with Crippen molar-refractivity contribution in [2.45, 2.75) is 0 Å². The van der Waals surface area contributed by atoms with Crippen LogP contribution in [-0.4, -0.2) is 27.7 Å². The molecule has 0 saturated heterocycles. The Morgan fingerprint density at radius 1 is 1.10 bits per heavy atom. The summed E-state index contributed by atoms with van der Waals surface area (Å²) >= 11 is 0. The van der Waals surface area contributed by atoms with Gasteiger partial charge in [-0.2, -0.15) is 0 Å². The molecule has 0 aromatic rings. The van der Waals surface area contributed by atoms with Crippen molar-refractivity contribution < 1.29 is 89.5 Å². The van der Waals surface area contributed by atoms with Gasteiger partial charge in [-0.3, -0.25) is 0 Å². The first-order valence-electron chi connectivity index (χ1n) is 0.565. The van der Waals surface area contributed by atoms with Gasteiger partial charge in [0.25, 0.3) is 5.09 Å². The van der Waals surface area contributed by atoms with Gasteiger partial charge in [0, 0.05) is 0 Å². The minimum atomic E-state index is -1.50. The summed E-state index contributed by atoms with van der Waals surface area (Å²) in [7, 11) is 0. The number of hydrogen-bond acceptors (Lipinski definition) is 2. The molecule has 0 fully saturated rings. The summed E-state index contributed by atoms with van der Waals surface area (Å²) < 4.78 is 0. The van der Waals surface area contributed by atoms with Gasteiger partial charge in [0.2, 0.25) is 0 Å². The summed E-state index contributed by atoms with van der Waals surface area (Å²) in [6.45, 7) is 0. The van der Waals surface area contributed by atoms with E-state index in [1.54, 1.807) is 0 Å². The molecule has 10 heteroatoms. The number of hydrogen-bond donors (Lipinski definition) is 1. The fourth-order valence-electron chi connectivity index (χ4n) is 0. The maximum Gasteiger partial charge on any atom is 3.00 e. The molecule has 0 heterocycles. The quantitative estimate of drug-likeness (QED) is 0.265. The van der Waals surface area contributed by atoms with Gasteiger partial charge in [-0.1, -0.05) is 0 Å². The third kappa shape index (κ3) is 218. The Labute approximate surface area is 116 Å². The van der Waals surface area contributed by atoms with Crippen molar-refractivity contribution in [2.75, 3.05) is 0 Å². The molecule has 0 aliphatic carbocycles. The first-order chi connectivity index (χ1) is 1.73. The summed E-state index contributed by atoms with van der Waals surface area (Å²) in [5, 5.41) is 13.6. The van der Waals surface area contributed by atoms with Crippen molar-refractivity contribution >= 4 is 17.4 Å². The van der Waals surface area contributed by atoms with Crippen LogP contribution < -0.4 is 79.2 Å². The Bertz CT molecular complexity index is 43.5. The zero-order valence-electron chi connectivity index (χ0n) is 4.80. The van der Waals surface area contributed by atoms with Crippen LogP contribution in [0.1, 0.15) is 0 Å². The molecule has 0 radical (unpaired) electrons. The van der Waals surface area contributed by atoms with Crippen LogP contribution in [-0.2, 0) is 0 Å². The van der Waals surface area contributed by atoms with Crippen LogP contribution in [0.15, 0.2) is 0 Å². The van der Waals surface area contributed by atoms with Crippen LogP contribution in [0.3, 0.4) is 0 Å². The van der Waals surface area contributed by atoms with Crippen molar-refractivity contribution in [3.63, 3.8) is 0 Å². The molecular formula is HAlCl4NNaO3. The van der Waals surface area contributed by atoms with Crippen LogP contribution in [0.25, 0.3) is 0 Å². The first kappa shape index (κ1) is 58.9. The minimum absolute atomic E-state index is 0. The molecule has 0 saturated carbocycles. The molecule has 56 valence electrons. The van der Waals surface area contributed by atoms with Crippen molar-refractivity contribution in [2.24, 2.45) is 0 Å². The van der Waals surface area contributed by atoms with Crippen LogP contribution in [0, 0.1) is 10.1 Å². The second-order valence-electron chi connectivity index (χ2n) is 0.238. The molecule has 0 bridgehead atoms. The van der Waals surface area contributed by atoms with Crippen LogP contribution in [0.5, 0.6) is 0 Å². The van der Waals surface area contributed by atoms with E-state index < -0.39 is 5.09 Å². The molecule has 0 rings (SSSR count). The van der Waals surface area contributed by atoms with Crippen molar-refractivity contribution in [1.82, 2.24) is 0 Å². The summed E-state index contributed by atoms with van der Waals surface area (Å²) in [5.41, 5.74) is 0. The van der Waals surface area contributed by atoms with E-state index in [1.165, 1.54) is 0 Å². The van der Waals surface area contributed by atoms with Gasteiger partial charge in [-0.25, -0.2) is 0 Å². The van der Waals surface area contributed by atoms with Crippen molar-refractivity contribution in [3.05, 3.63) is 10.1 Å². The minimum Gasteiger partial charge on any atom is -1.00 e. The smallest absolute Gasteiger partial charge is 1.00 e. The zero-order valence-corrected chi connectivity index (χ0v) is 11.0. The molecule has 4 nitrogen and oxygen atoms in total. The van der Waals surface area contributed by atoms with E-state index in [-0.39, 0.29) is 96.5 Å². The van der Waals surface area contributed by atoms with Crippen LogP contribution in [0.2, 0.25) is 0 Å². The van der Waals surface area contributed by atoms with Gasteiger partial charge in [0.05, 0.1) is 0 Å². The Kier molecular flexibility index (Phi) is 263. The van der Waals surface area contributed by atoms with E-state index in [0.717, 1.165) is 0 Å². The van der Waals surface area contributed by atoms with E-state index in [0.29, 0.717) is 0 Å². The third-order valence-corrected chi connectivity index (χ3v) is 0. The van der Waals surface area contributed by atoms with E-state index in [9.17, 15) is 0 Å². The van der Waals surface area contributed by atoms with E-state index in [2.05, 4.69) is 0 Å². The predicted molar refractivity (Wildman–Crippen MR) is 14.5 cm³/mol. The average Bonchev–Trinajstić information content (AvgIpc) is 0.811. The Morgan fingerprint density at radius 3 is 1.10 bits per heavy atom. The zero-order chi connectivity index (χ0) is 3.58. The van der Waals surface area contributed by atoms with Crippen molar-refractivity contribution in [3.8, 4) is 0 Å². The molecule has 0 unspecified atom stereocenters. The fourth-order valence-corrected chi connectivity index (χ4v) is 0. The molecule has 0 aromatic heterocycles. The topological polar surface area (TPSA) is 63.4 Å². The molecule has 0 amide bonds. The maximum atomic E-state index is 8.36. The Hall–Kier alpha value is 1.89. The van der Waals surface area contributed by atoms with Gasteiger partial charge in [-0.15, -0.1) is 10.1 Å². The van der Waals surface area contributed by atoms with Gasteiger partial charge in [0.1, 0.15) is 0 Å². The summed E-state index contributed by atoms with van der Waals surface area (Å²) in [5.74, 6) is 0. The average molecular weight is 255 g/mol. The van der Waals surface area contributed by atoms with E-state index in [4.69, 9.17) is 15.3 Å². The van der Waals surface area contributed by atoms with Crippen LogP contribution >= 0.6 is 0 Å². The molecule has 0 aliphatic heterocycles. The van der Waals surface area contributed by atoms with E-state index in [1.807, 2.05) is 0 Å². The maximum absolute atomic E-state index is 8.36. The molecule has 10 heavy (non-hydrogen) atoms. The molecule has 0 aliphatic rings. The number of nitrogens with zero attached hydrogens (tertiary/aromatic N) is 1. The summed E-state index contributed by atoms with van der Waals surface area (Å²) in [6, 6.07) is 0. The third-order valence-electron chi connectivity index (χ3n) is 0. The number of rotatable bonds is 0. The first-order valence-corrected chi connectivity index (χ1v) is 0.565. The van der Waals surface area contributed by atoms with Gasteiger partial charge in [-0.05, 0) is 0 Å². The van der Waals surface area contributed by atoms with Gasteiger partial charge < -0.3 is 54.8 Å². The Morgan fingerprint density at radius 2 is 1.10 bits per heavy atom. The molecule has 0 atom stereocenters. The molecular weight excluding hydrogens is 254 g/mol. The second-order valence-corrected chi connectivity index (χ2v) is 0.238. The standard InChI is InChI=1S/Al.4ClH.HNO3.Na/c;;;;;2-1(3)4;/h;4*1H;(H,2,3,4);/q+3;;;;;;+1/p-4. The summed E-state index contributed by atoms with van der Waals surface area (Å²) in [4.78, 5) is 8.36. The largest absolute Gasteiger partial charge is 3.00 e. The molecule has 0 aromatic carbocycles. The monoisotopic (exact) mass is 253 g/mol. The Balaban J connectivity index is -0.00000000300. The molecule has 0 spiro atoms. The van der Waals surface area contributed by atoms with Crippen LogP contribution in [0.4, 0.5) is 0 Å². The summed E-state index contributed by atoms with van der Waals surface area (Å²) in [6.07, 6.45) is 0. The fraction of sp³-hybridized carbons (Fsp3) is 0. The molecule has 1 N–H and O–H groups in total. The van der Waals surface area contributed by atoms with Gasteiger partial charge in [0.15, 0.2) is 0 Å². The second kappa shape index (κ2) is 44.5. The van der Waals surface area contributed by atoms with Gasteiger partial charge >= 0.3 is 46.9 Å². The SMILES string of the molecule is O=[N+]([O-])O.[Al+3].[Cl-].[Cl-].[Cl-].[Cl-].[Na+].